The molecule has 2 nitrogen and oxygen atoms in total. The van der Waals surface area contributed by atoms with E-state index in [0.717, 1.165) is 18.1 Å². The maximum absolute atomic E-state index is 3.72. The van der Waals surface area contributed by atoms with Gasteiger partial charge in [-0.3, -0.25) is 0 Å². The summed E-state index contributed by atoms with van der Waals surface area (Å²) in [6, 6.07) is 11.1. The molecule has 2 bridgehead atoms. The van der Waals surface area contributed by atoms with Crippen LogP contribution in [0.2, 0.25) is 0 Å². The predicted molar refractivity (Wildman–Crippen MR) is 84.7 cm³/mol. The van der Waals surface area contributed by atoms with Crippen molar-refractivity contribution >= 4 is 21.6 Å². The third-order valence-corrected chi connectivity index (χ3v) is 5.07. The van der Waals surface area contributed by atoms with E-state index < -0.39 is 0 Å². The number of hydrogen-bond donors (Lipinski definition) is 1. The Labute approximate surface area is 124 Å². The first-order valence-corrected chi connectivity index (χ1v) is 8.34. The van der Waals surface area contributed by atoms with Gasteiger partial charge in [-0.15, -0.1) is 0 Å². The van der Waals surface area contributed by atoms with Gasteiger partial charge in [0.1, 0.15) is 0 Å². The molecule has 19 heavy (non-hydrogen) atoms. The highest BCUT2D eigenvalue weighted by Gasteiger charge is 2.40. The molecule has 2 heterocycles. The van der Waals surface area contributed by atoms with Gasteiger partial charge in [-0.05, 0) is 62.9 Å². The van der Waals surface area contributed by atoms with Crippen LogP contribution < -0.4 is 10.2 Å². The molecule has 2 unspecified atom stereocenters. The lowest BCUT2D eigenvalue weighted by molar-refractivity contribution is 0.357. The van der Waals surface area contributed by atoms with Gasteiger partial charge in [-0.1, -0.05) is 22.9 Å². The van der Waals surface area contributed by atoms with Crippen LogP contribution in [0.5, 0.6) is 0 Å². The molecule has 0 aromatic heterocycles. The van der Waals surface area contributed by atoms with Crippen molar-refractivity contribution < 1.29 is 0 Å². The van der Waals surface area contributed by atoms with Crippen molar-refractivity contribution in [1.29, 1.82) is 0 Å². The summed E-state index contributed by atoms with van der Waals surface area (Å²) in [5, 5.41) is 3.72. The molecule has 2 aliphatic rings. The highest BCUT2D eigenvalue weighted by Crippen LogP contribution is 2.39. The van der Waals surface area contributed by atoms with E-state index in [0.29, 0.717) is 0 Å². The molecule has 2 aliphatic heterocycles. The maximum Gasteiger partial charge on any atom is 0.0372 e. The Bertz CT molecular complexity index is 403. The van der Waals surface area contributed by atoms with Crippen molar-refractivity contribution in [2.24, 2.45) is 0 Å². The van der Waals surface area contributed by atoms with Gasteiger partial charge in [-0.25, -0.2) is 0 Å². The van der Waals surface area contributed by atoms with Crippen LogP contribution in [0.3, 0.4) is 0 Å². The van der Waals surface area contributed by atoms with E-state index in [2.05, 4.69) is 57.3 Å². The second-order valence-electron chi connectivity index (χ2n) is 5.89. The summed E-state index contributed by atoms with van der Waals surface area (Å²) < 4.78 is 1.17. The molecular formula is C16H23BrN2. The zero-order valence-corrected chi connectivity index (χ0v) is 13.2. The normalized spacial score (nSPS) is 29.8. The Morgan fingerprint density at radius 2 is 1.79 bits per heavy atom. The summed E-state index contributed by atoms with van der Waals surface area (Å²) >= 11 is 3.52. The zero-order chi connectivity index (χ0) is 13.2. The number of halogens is 1. The minimum Gasteiger partial charge on any atom is -0.365 e. The molecule has 0 aliphatic carbocycles. The minimum atomic E-state index is 0.740. The number of nitrogens with one attached hydrogen (secondary N) is 1. The van der Waals surface area contributed by atoms with Gasteiger partial charge in [0.15, 0.2) is 0 Å². The summed E-state index contributed by atoms with van der Waals surface area (Å²) in [6.07, 6.45) is 6.59. The Hall–Kier alpha value is -0.540. The fourth-order valence-electron chi connectivity index (χ4n) is 3.73. The molecule has 3 rings (SSSR count). The van der Waals surface area contributed by atoms with Crippen LogP contribution in [-0.2, 0) is 0 Å². The molecule has 0 saturated carbocycles. The predicted octanol–water partition coefficient (Wildman–Crippen LogP) is 3.95. The lowest BCUT2D eigenvalue weighted by Crippen LogP contribution is -2.49. The Morgan fingerprint density at radius 1 is 1.16 bits per heavy atom. The van der Waals surface area contributed by atoms with E-state index in [-0.39, 0.29) is 0 Å². The Balaban J connectivity index is 1.71. The molecule has 0 spiro atoms. The second-order valence-corrected chi connectivity index (χ2v) is 6.81. The molecule has 2 saturated heterocycles. The monoisotopic (exact) mass is 322 g/mol. The quantitative estimate of drug-likeness (QED) is 0.903. The van der Waals surface area contributed by atoms with Crippen LogP contribution in [0, 0.1) is 0 Å². The van der Waals surface area contributed by atoms with Crippen molar-refractivity contribution in [1.82, 2.24) is 5.32 Å². The third kappa shape index (κ3) is 2.82. The van der Waals surface area contributed by atoms with Gasteiger partial charge in [0.25, 0.3) is 0 Å². The van der Waals surface area contributed by atoms with Crippen LogP contribution in [0.4, 0.5) is 5.69 Å². The number of hydrogen-bond acceptors (Lipinski definition) is 2. The highest BCUT2D eigenvalue weighted by atomic mass is 79.9. The van der Waals surface area contributed by atoms with Crippen molar-refractivity contribution in [3.63, 3.8) is 0 Å². The average Bonchev–Trinajstić information content (AvgIpc) is 2.69. The second kappa shape index (κ2) is 5.84. The summed E-state index contributed by atoms with van der Waals surface area (Å²) in [7, 11) is 0. The molecule has 3 heteroatoms. The number of nitrogens with zero attached hydrogens (tertiary/aromatic N) is 1. The molecule has 0 radical (unpaired) electrons. The lowest BCUT2D eigenvalue weighted by Gasteiger charge is -2.41. The number of benzene rings is 1. The van der Waals surface area contributed by atoms with Gasteiger partial charge in [-0.2, -0.15) is 0 Å². The van der Waals surface area contributed by atoms with E-state index >= 15 is 0 Å². The topological polar surface area (TPSA) is 15.3 Å². The van der Waals surface area contributed by atoms with Crippen molar-refractivity contribution in [2.45, 2.75) is 57.2 Å². The number of piperidine rings is 1. The molecule has 1 aromatic carbocycles. The molecule has 1 aromatic rings. The van der Waals surface area contributed by atoms with Crippen LogP contribution >= 0.6 is 15.9 Å². The van der Waals surface area contributed by atoms with E-state index in [1.807, 2.05) is 0 Å². The van der Waals surface area contributed by atoms with Gasteiger partial charge in [0.2, 0.25) is 0 Å². The summed E-state index contributed by atoms with van der Waals surface area (Å²) in [4.78, 5) is 2.68. The first kappa shape index (κ1) is 13.4. The number of anilines is 1. The first-order valence-electron chi connectivity index (χ1n) is 7.55. The van der Waals surface area contributed by atoms with Gasteiger partial charge in [0, 0.05) is 28.3 Å². The SMILES string of the molecule is CCCNC1CC2CCC(C1)N2c1ccc(Br)cc1. The fraction of sp³-hybridized carbons (Fsp3) is 0.625. The van der Waals surface area contributed by atoms with Crippen LogP contribution in [0.25, 0.3) is 0 Å². The number of rotatable bonds is 4. The van der Waals surface area contributed by atoms with Crippen LogP contribution in [0.1, 0.15) is 39.0 Å². The molecule has 104 valence electrons. The largest absolute Gasteiger partial charge is 0.365 e. The molecule has 2 fully saturated rings. The van der Waals surface area contributed by atoms with E-state index in [4.69, 9.17) is 0 Å². The third-order valence-electron chi connectivity index (χ3n) is 4.54. The molecular weight excluding hydrogens is 300 g/mol. The van der Waals surface area contributed by atoms with Crippen molar-refractivity contribution in [2.75, 3.05) is 11.4 Å². The Morgan fingerprint density at radius 3 is 2.37 bits per heavy atom. The highest BCUT2D eigenvalue weighted by molar-refractivity contribution is 9.10. The summed E-state index contributed by atoms with van der Waals surface area (Å²) in [6.45, 7) is 3.42. The van der Waals surface area contributed by atoms with E-state index in [1.54, 1.807) is 0 Å². The zero-order valence-electron chi connectivity index (χ0n) is 11.6. The van der Waals surface area contributed by atoms with Crippen molar-refractivity contribution in [3.05, 3.63) is 28.7 Å². The van der Waals surface area contributed by atoms with Gasteiger partial charge < -0.3 is 10.2 Å². The minimum absolute atomic E-state index is 0.740. The van der Waals surface area contributed by atoms with Gasteiger partial charge >= 0.3 is 0 Å². The average molecular weight is 323 g/mol. The summed E-state index contributed by atoms with van der Waals surface area (Å²) in [5.41, 5.74) is 1.41. The van der Waals surface area contributed by atoms with E-state index in [1.165, 1.54) is 48.8 Å². The lowest BCUT2D eigenvalue weighted by atomic mass is 9.96. The van der Waals surface area contributed by atoms with E-state index in [9.17, 15) is 0 Å². The first-order chi connectivity index (χ1) is 9.28. The fourth-order valence-corrected chi connectivity index (χ4v) is 3.99. The van der Waals surface area contributed by atoms with Crippen molar-refractivity contribution in [3.8, 4) is 0 Å². The standard InChI is InChI=1S/C16H23BrN2/c1-2-9-18-13-10-15-7-8-16(11-13)19(15)14-5-3-12(17)4-6-14/h3-6,13,15-16,18H,2,7-11H2,1H3. The molecule has 0 amide bonds. The summed E-state index contributed by atoms with van der Waals surface area (Å²) in [5.74, 6) is 0. The van der Waals surface area contributed by atoms with Gasteiger partial charge in [0.05, 0.1) is 0 Å². The van der Waals surface area contributed by atoms with Crippen LogP contribution in [-0.4, -0.2) is 24.7 Å². The van der Waals surface area contributed by atoms with Crippen LogP contribution in [0.15, 0.2) is 28.7 Å². The maximum atomic E-state index is 3.72. The number of fused-ring (bicyclic) bond motifs is 2. The smallest absolute Gasteiger partial charge is 0.0372 e. The Kier molecular flexibility index (Phi) is 4.13. The molecule has 1 N–H and O–H groups in total. The molecule has 2 atom stereocenters.